The number of halogens is 3. The number of carbonyl (C=O) groups excluding carboxylic acids is 1. The summed E-state index contributed by atoms with van der Waals surface area (Å²) in [6.45, 7) is 6.37. The summed E-state index contributed by atoms with van der Waals surface area (Å²) in [6.07, 6.45) is -1.66. The van der Waals surface area contributed by atoms with E-state index in [9.17, 15) is 18.0 Å². The quantitative estimate of drug-likeness (QED) is 0.738. The molecule has 0 radical (unpaired) electrons. The molecule has 23 heavy (non-hydrogen) atoms. The van der Waals surface area contributed by atoms with Crippen LogP contribution in [0, 0.1) is 11.8 Å². The van der Waals surface area contributed by atoms with Gasteiger partial charge in [0, 0.05) is 0 Å². The molecular formula is C17H20F3NOS. The molecule has 6 heteroatoms. The molecule has 0 bridgehead atoms. The smallest absolute Gasteiger partial charge is 0.275 e. The van der Waals surface area contributed by atoms with Gasteiger partial charge >= 0.3 is 6.18 Å². The SMILES string of the molecule is CC(C)C(C)C/C=C1/SCC(=O)N1c1cccc(C(F)(F)F)c1. The summed E-state index contributed by atoms with van der Waals surface area (Å²) < 4.78 is 38.6. The Bertz CT molecular complexity index is 610. The van der Waals surface area contributed by atoms with E-state index in [4.69, 9.17) is 0 Å². The van der Waals surface area contributed by atoms with Crippen LogP contribution in [-0.4, -0.2) is 11.7 Å². The Morgan fingerprint density at radius 1 is 1.30 bits per heavy atom. The van der Waals surface area contributed by atoms with Gasteiger partial charge in [-0.05, 0) is 36.5 Å². The first kappa shape index (κ1) is 17.9. The number of allylic oxidation sites excluding steroid dienone is 1. The van der Waals surface area contributed by atoms with E-state index in [1.165, 1.54) is 22.7 Å². The lowest BCUT2D eigenvalue weighted by molar-refractivity contribution is -0.137. The maximum Gasteiger partial charge on any atom is 0.416 e. The number of anilines is 1. The van der Waals surface area contributed by atoms with Gasteiger partial charge in [-0.2, -0.15) is 13.2 Å². The first-order valence-corrected chi connectivity index (χ1v) is 8.52. The summed E-state index contributed by atoms with van der Waals surface area (Å²) in [5.41, 5.74) is -0.465. The normalized spacial score (nSPS) is 19.0. The van der Waals surface area contributed by atoms with E-state index < -0.39 is 11.7 Å². The molecule has 0 spiro atoms. The highest BCUT2D eigenvalue weighted by molar-refractivity contribution is 8.04. The van der Waals surface area contributed by atoms with Gasteiger partial charge in [0.25, 0.3) is 0 Å². The number of hydrogen-bond acceptors (Lipinski definition) is 2. The Kier molecular flexibility index (Phi) is 5.45. The molecule has 2 nitrogen and oxygen atoms in total. The van der Waals surface area contributed by atoms with Gasteiger partial charge in [0.05, 0.1) is 22.0 Å². The fraction of sp³-hybridized carbons (Fsp3) is 0.471. The number of carbonyl (C=O) groups is 1. The summed E-state index contributed by atoms with van der Waals surface area (Å²) in [6, 6.07) is 4.92. The van der Waals surface area contributed by atoms with E-state index in [2.05, 4.69) is 20.8 Å². The minimum absolute atomic E-state index is 0.183. The lowest BCUT2D eigenvalue weighted by atomic mass is 9.95. The van der Waals surface area contributed by atoms with Crippen molar-refractivity contribution in [2.45, 2.75) is 33.4 Å². The molecule has 0 N–H and O–H groups in total. The van der Waals surface area contributed by atoms with Crippen LogP contribution in [-0.2, 0) is 11.0 Å². The van der Waals surface area contributed by atoms with Crippen LogP contribution >= 0.6 is 11.8 Å². The molecule has 1 saturated heterocycles. The molecule has 1 aromatic rings. The predicted molar refractivity (Wildman–Crippen MR) is 88.1 cm³/mol. The number of benzene rings is 1. The average molecular weight is 343 g/mol. The number of rotatable bonds is 4. The fourth-order valence-electron chi connectivity index (χ4n) is 2.19. The van der Waals surface area contributed by atoms with E-state index in [0.717, 1.165) is 23.6 Å². The third-order valence-electron chi connectivity index (χ3n) is 4.05. The van der Waals surface area contributed by atoms with Crippen molar-refractivity contribution in [2.75, 3.05) is 10.7 Å². The maximum absolute atomic E-state index is 12.9. The van der Waals surface area contributed by atoms with E-state index in [1.807, 2.05) is 6.08 Å². The van der Waals surface area contributed by atoms with Gasteiger partial charge in [0.2, 0.25) is 5.91 Å². The Labute approximate surface area is 138 Å². The average Bonchev–Trinajstić information content (AvgIpc) is 2.84. The van der Waals surface area contributed by atoms with Crippen molar-refractivity contribution in [3.8, 4) is 0 Å². The summed E-state index contributed by atoms with van der Waals surface area (Å²) >= 11 is 1.38. The molecule has 0 saturated carbocycles. The first-order valence-electron chi connectivity index (χ1n) is 7.53. The molecule has 1 atom stereocenters. The molecule has 126 valence electrons. The fourth-order valence-corrected chi connectivity index (χ4v) is 3.14. The summed E-state index contributed by atoms with van der Waals surface area (Å²) in [4.78, 5) is 13.5. The van der Waals surface area contributed by atoms with Crippen molar-refractivity contribution >= 4 is 23.4 Å². The first-order chi connectivity index (χ1) is 10.7. The van der Waals surface area contributed by atoms with Gasteiger partial charge in [-0.25, -0.2) is 0 Å². The lowest BCUT2D eigenvalue weighted by Crippen LogP contribution is -2.24. The highest BCUT2D eigenvalue weighted by atomic mass is 32.2. The summed E-state index contributed by atoms with van der Waals surface area (Å²) in [7, 11) is 0. The third-order valence-corrected chi connectivity index (χ3v) is 5.08. The van der Waals surface area contributed by atoms with E-state index in [0.29, 0.717) is 11.8 Å². The third kappa shape index (κ3) is 4.31. The molecule has 2 rings (SSSR count). The van der Waals surface area contributed by atoms with Crippen molar-refractivity contribution < 1.29 is 18.0 Å². The minimum atomic E-state index is -4.41. The Morgan fingerprint density at radius 3 is 2.61 bits per heavy atom. The largest absolute Gasteiger partial charge is 0.416 e. The number of nitrogens with zero attached hydrogens (tertiary/aromatic N) is 1. The number of alkyl halides is 3. The summed E-state index contributed by atoms with van der Waals surface area (Å²) in [5, 5.41) is 0.724. The van der Waals surface area contributed by atoms with Gasteiger partial charge < -0.3 is 0 Å². The zero-order chi connectivity index (χ0) is 17.2. The van der Waals surface area contributed by atoms with Crippen molar-refractivity contribution in [2.24, 2.45) is 11.8 Å². The van der Waals surface area contributed by atoms with Crippen LogP contribution in [0.25, 0.3) is 0 Å². The second-order valence-electron chi connectivity index (χ2n) is 6.07. The molecule has 1 aliphatic heterocycles. The van der Waals surface area contributed by atoms with E-state index in [1.54, 1.807) is 6.07 Å². The molecule has 1 amide bonds. The highest BCUT2D eigenvalue weighted by Gasteiger charge is 2.33. The van der Waals surface area contributed by atoms with Gasteiger partial charge in [-0.3, -0.25) is 9.69 Å². The zero-order valence-corrected chi connectivity index (χ0v) is 14.2. The predicted octanol–water partition coefficient (Wildman–Crippen LogP) is 5.31. The molecular weight excluding hydrogens is 323 g/mol. The molecule has 0 aromatic heterocycles. The van der Waals surface area contributed by atoms with Crippen molar-refractivity contribution in [3.63, 3.8) is 0 Å². The van der Waals surface area contributed by atoms with Crippen LogP contribution in [0.15, 0.2) is 35.4 Å². The Balaban J connectivity index is 2.28. The molecule has 0 aliphatic carbocycles. The minimum Gasteiger partial charge on any atom is -0.275 e. The Hall–Kier alpha value is -1.43. The van der Waals surface area contributed by atoms with Gasteiger partial charge in [0.15, 0.2) is 0 Å². The number of hydrogen-bond donors (Lipinski definition) is 0. The van der Waals surface area contributed by atoms with Crippen molar-refractivity contribution in [1.82, 2.24) is 0 Å². The second kappa shape index (κ2) is 6.99. The number of amides is 1. The number of thioether (sulfide) groups is 1. The maximum atomic E-state index is 12.9. The summed E-state index contributed by atoms with van der Waals surface area (Å²) in [5.74, 6) is 1.04. The Morgan fingerprint density at radius 2 is 2.00 bits per heavy atom. The van der Waals surface area contributed by atoms with Gasteiger partial charge in [0.1, 0.15) is 0 Å². The van der Waals surface area contributed by atoms with Crippen LogP contribution in [0.4, 0.5) is 18.9 Å². The topological polar surface area (TPSA) is 20.3 Å². The monoisotopic (exact) mass is 343 g/mol. The lowest BCUT2D eigenvalue weighted by Gasteiger charge is -2.20. The van der Waals surface area contributed by atoms with Crippen molar-refractivity contribution in [1.29, 1.82) is 0 Å². The van der Waals surface area contributed by atoms with Crippen LogP contribution in [0.1, 0.15) is 32.8 Å². The van der Waals surface area contributed by atoms with Crippen molar-refractivity contribution in [3.05, 3.63) is 40.9 Å². The van der Waals surface area contributed by atoms with Crippen LogP contribution in [0.3, 0.4) is 0 Å². The van der Waals surface area contributed by atoms with Gasteiger partial charge in [-0.15, -0.1) is 0 Å². The van der Waals surface area contributed by atoms with Crippen LogP contribution in [0.2, 0.25) is 0 Å². The van der Waals surface area contributed by atoms with Crippen LogP contribution < -0.4 is 4.90 Å². The molecule has 1 aliphatic rings. The van der Waals surface area contributed by atoms with Gasteiger partial charge in [-0.1, -0.05) is 44.7 Å². The second-order valence-corrected chi connectivity index (χ2v) is 7.06. The molecule has 1 aromatic carbocycles. The standard InChI is InChI=1S/C17H20F3NOS/c1-11(2)12(3)7-8-16-21(15(22)10-23-16)14-6-4-5-13(9-14)17(18,19)20/h4-6,8-9,11-12H,7,10H2,1-3H3/b16-8+. The van der Waals surface area contributed by atoms with E-state index in [-0.39, 0.29) is 17.3 Å². The molecule has 1 fully saturated rings. The molecule has 1 unspecified atom stereocenters. The highest BCUT2D eigenvalue weighted by Crippen LogP contribution is 2.37. The molecule has 1 heterocycles. The van der Waals surface area contributed by atoms with Crippen LogP contribution in [0.5, 0.6) is 0 Å². The zero-order valence-electron chi connectivity index (χ0n) is 13.4. The van der Waals surface area contributed by atoms with E-state index >= 15 is 0 Å².